The van der Waals surface area contributed by atoms with Crippen molar-refractivity contribution in [2.24, 2.45) is 18.9 Å². The largest absolute Gasteiger partial charge is 0.345 e. The van der Waals surface area contributed by atoms with Crippen LogP contribution in [0.3, 0.4) is 0 Å². The van der Waals surface area contributed by atoms with E-state index >= 15 is 0 Å². The monoisotopic (exact) mass is 391 g/mol. The average molecular weight is 391 g/mol. The van der Waals surface area contributed by atoms with Crippen molar-refractivity contribution in [1.29, 1.82) is 0 Å². The second-order valence-electron chi connectivity index (χ2n) is 8.16. The van der Waals surface area contributed by atoms with Crippen molar-refractivity contribution in [2.75, 3.05) is 13.1 Å². The van der Waals surface area contributed by atoms with E-state index in [1.165, 1.54) is 5.56 Å². The van der Waals surface area contributed by atoms with Gasteiger partial charge in [0.15, 0.2) is 0 Å². The summed E-state index contributed by atoms with van der Waals surface area (Å²) in [4.78, 5) is 15.2. The highest BCUT2D eigenvalue weighted by Gasteiger charge is 2.39. The first-order valence-electron chi connectivity index (χ1n) is 10.1. The summed E-state index contributed by atoms with van der Waals surface area (Å²) in [6.07, 6.45) is 4.89. The van der Waals surface area contributed by atoms with Crippen LogP contribution in [0.4, 0.5) is 0 Å². The fraction of sp³-hybridized carbons (Fsp3) is 0.429. The Morgan fingerprint density at radius 2 is 1.93 bits per heavy atom. The van der Waals surface area contributed by atoms with Crippen molar-refractivity contribution in [3.63, 3.8) is 0 Å². The Kier molecular flexibility index (Phi) is 4.63. The number of hydrogen-bond donors (Lipinski definition) is 1. The van der Waals surface area contributed by atoms with Gasteiger partial charge in [-0.15, -0.1) is 10.2 Å². The predicted octanol–water partition coefficient (Wildman–Crippen LogP) is 1.25. The fourth-order valence-electron chi connectivity index (χ4n) is 4.59. The molecule has 3 aromatic rings. The summed E-state index contributed by atoms with van der Waals surface area (Å²) in [5.74, 6) is 2.30. The Bertz CT molecular complexity index is 1010. The SMILES string of the molecule is Cn1cc(CN2C[C@H]3Cc4nnc(C(=O)NCc5ccccc5)n4C[C@@H]3C2)cn1. The summed E-state index contributed by atoms with van der Waals surface area (Å²) in [5, 5.41) is 15.8. The van der Waals surface area contributed by atoms with Crippen molar-refractivity contribution in [2.45, 2.75) is 26.1 Å². The molecule has 2 aliphatic heterocycles. The van der Waals surface area contributed by atoms with Gasteiger partial charge in [0, 0.05) is 58.0 Å². The Morgan fingerprint density at radius 1 is 1.10 bits per heavy atom. The van der Waals surface area contributed by atoms with Gasteiger partial charge in [0.1, 0.15) is 5.82 Å². The summed E-state index contributed by atoms with van der Waals surface area (Å²) in [6, 6.07) is 9.91. The lowest BCUT2D eigenvalue weighted by atomic mass is 9.89. The summed E-state index contributed by atoms with van der Waals surface area (Å²) in [5.41, 5.74) is 2.31. The first-order chi connectivity index (χ1) is 14.2. The maximum absolute atomic E-state index is 12.7. The molecule has 0 bridgehead atoms. The number of fused-ring (bicyclic) bond motifs is 2. The molecule has 0 unspecified atom stereocenters. The van der Waals surface area contributed by atoms with Crippen molar-refractivity contribution in [3.05, 3.63) is 65.5 Å². The molecule has 4 heterocycles. The molecule has 8 heteroatoms. The van der Waals surface area contributed by atoms with Gasteiger partial charge >= 0.3 is 0 Å². The lowest BCUT2D eigenvalue weighted by Crippen LogP contribution is -2.32. The van der Waals surface area contributed by atoms with Crippen molar-refractivity contribution in [3.8, 4) is 0 Å². The number of carbonyl (C=O) groups is 1. The second-order valence-corrected chi connectivity index (χ2v) is 8.16. The zero-order chi connectivity index (χ0) is 19.8. The Morgan fingerprint density at radius 3 is 2.72 bits per heavy atom. The van der Waals surface area contributed by atoms with Crippen molar-refractivity contribution < 1.29 is 4.79 Å². The van der Waals surface area contributed by atoms with E-state index in [1.54, 1.807) is 0 Å². The number of hydrogen-bond acceptors (Lipinski definition) is 5. The molecular formula is C21H25N7O. The van der Waals surface area contributed by atoms with Gasteiger partial charge in [0.25, 0.3) is 5.91 Å². The minimum atomic E-state index is -0.156. The smallest absolute Gasteiger partial charge is 0.289 e. The van der Waals surface area contributed by atoms with Gasteiger partial charge in [-0.2, -0.15) is 5.10 Å². The van der Waals surface area contributed by atoms with Crippen LogP contribution >= 0.6 is 0 Å². The maximum atomic E-state index is 12.7. The highest BCUT2D eigenvalue weighted by molar-refractivity contribution is 5.90. The number of aromatic nitrogens is 5. The van der Waals surface area contributed by atoms with E-state index in [9.17, 15) is 4.79 Å². The molecule has 5 rings (SSSR count). The molecule has 29 heavy (non-hydrogen) atoms. The number of nitrogens with zero attached hydrogens (tertiary/aromatic N) is 6. The summed E-state index contributed by atoms with van der Waals surface area (Å²) >= 11 is 0. The predicted molar refractivity (Wildman–Crippen MR) is 107 cm³/mol. The first kappa shape index (κ1) is 18.1. The van der Waals surface area contributed by atoms with E-state index in [4.69, 9.17) is 0 Å². The zero-order valence-electron chi connectivity index (χ0n) is 16.5. The minimum absolute atomic E-state index is 0.156. The van der Waals surface area contributed by atoms with Crippen LogP contribution in [0.1, 0.15) is 27.6 Å². The lowest BCUT2D eigenvalue weighted by molar-refractivity contribution is 0.0932. The number of rotatable bonds is 5. The molecule has 0 aliphatic carbocycles. The molecule has 8 nitrogen and oxygen atoms in total. The van der Waals surface area contributed by atoms with Gasteiger partial charge in [-0.3, -0.25) is 14.4 Å². The molecule has 1 saturated heterocycles. The van der Waals surface area contributed by atoms with Crippen LogP contribution in [-0.2, 0) is 33.1 Å². The molecular weight excluding hydrogens is 366 g/mol. The number of carbonyl (C=O) groups excluding carboxylic acids is 1. The summed E-state index contributed by atoms with van der Waals surface area (Å²) < 4.78 is 3.87. The number of likely N-dealkylation sites (tertiary alicyclic amines) is 1. The number of amides is 1. The molecule has 1 aromatic carbocycles. The van der Waals surface area contributed by atoms with Crippen LogP contribution < -0.4 is 5.32 Å². The summed E-state index contributed by atoms with van der Waals surface area (Å²) in [6.45, 7) is 4.31. The van der Waals surface area contributed by atoms with Gasteiger partial charge < -0.3 is 9.88 Å². The quantitative estimate of drug-likeness (QED) is 0.708. The third kappa shape index (κ3) is 3.67. The Balaban J connectivity index is 1.24. The van der Waals surface area contributed by atoms with Crippen LogP contribution in [-0.4, -0.2) is 48.4 Å². The van der Waals surface area contributed by atoms with E-state index in [0.29, 0.717) is 24.2 Å². The molecule has 2 aromatic heterocycles. The van der Waals surface area contributed by atoms with E-state index in [2.05, 4.69) is 31.7 Å². The molecule has 150 valence electrons. The van der Waals surface area contributed by atoms with Gasteiger partial charge in [-0.25, -0.2) is 0 Å². The standard InChI is InChI=1S/C21H25N7O/c1-26-10-16(9-23-26)11-27-12-17-7-19-24-25-20(28(19)14-18(17)13-27)21(29)22-8-15-5-3-2-4-6-15/h2-6,9-10,17-18H,7-8,11-14H2,1H3,(H,22,29)/t17-,18+/m1/s1. The number of aryl methyl sites for hydroxylation is 1. The molecule has 2 aliphatic rings. The first-order valence-corrected chi connectivity index (χ1v) is 10.1. The van der Waals surface area contributed by atoms with Crippen LogP contribution in [0, 0.1) is 11.8 Å². The van der Waals surface area contributed by atoms with E-state index in [0.717, 1.165) is 44.0 Å². The summed E-state index contributed by atoms with van der Waals surface area (Å²) in [7, 11) is 1.95. The van der Waals surface area contributed by atoms with Crippen LogP contribution in [0.15, 0.2) is 42.7 Å². The third-order valence-corrected chi connectivity index (χ3v) is 6.00. The van der Waals surface area contributed by atoms with Gasteiger partial charge in [0.2, 0.25) is 5.82 Å². The topological polar surface area (TPSA) is 80.9 Å². The molecule has 1 amide bonds. The highest BCUT2D eigenvalue weighted by atomic mass is 16.2. The van der Waals surface area contributed by atoms with E-state index < -0.39 is 0 Å². The zero-order valence-corrected chi connectivity index (χ0v) is 16.5. The number of nitrogens with one attached hydrogen (secondary N) is 1. The van der Waals surface area contributed by atoms with E-state index in [1.807, 2.05) is 52.8 Å². The minimum Gasteiger partial charge on any atom is -0.345 e. The van der Waals surface area contributed by atoms with E-state index in [-0.39, 0.29) is 5.91 Å². The molecule has 1 fully saturated rings. The Hall–Kier alpha value is -3.00. The molecule has 2 atom stereocenters. The van der Waals surface area contributed by atoms with Crippen molar-refractivity contribution in [1.82, 2.24) is 34.8 Å². The van der Waals surface area contributed by atoms with Gasteiger partial charge in [-0.1, -0.05) is 30.3 Å². The van der Waals surface area contributed by atoms with Gasteiger partial charge in [-0.05, 0) is 17.4 Å². The van der Waals surface area contributed by atoms with Crippen LogP contribution in [0.2, 0.25) is 0 Å². The van der Waals surface area contributed by atoms with Crippen molar-refractivity contribution >= 4 is 5.91 Å². The van der Waals surface area contributed by atoms with Crippen LogP contribution in [0.5, 0.6) is 0 Å². The lowest BCUT2D eigenvalue weighted by Gasteiger charge is -2.25. The number of benzene rings is 1. The molecule has 0 spiro atoms. The molecule has 0 saturated carbocycles. The maximum Gasteiger partial charge on any atom is 0.289 e. The second kappa shape index (κ2) is 7.44. The average Bonchev–Trinajstić information content (AvgIpc) is 3.43. The Labute approximate surface area is 169 Å². The third-order valence-electron chi connectivity index (χ3n) is 6.00. The molecule has 0 radical (unpaired) electrons. The van der Waals surface area contributed by atoms with Gasteiger partial charge in [0.05, 0.1) is 6.20 Å². The normalized spacial score (nSPS) is 21.0. The van der Waals surface area contributed by atoms with Crippen LogP contribution in [0.25, 0.3) is 0 Å². The fourth-order valence-corrected chi connectivity index (χ4v) is 4.59. The molecule has 1 N–H and O–H groups in total. The highest BCUT2D eigenvalue weighted by Crippen LogP contribution is 2.33.